The Bertz CT molecular complexity index is 1340. The molecule has 1 aromatic heterocycles. The molecule has 0 saturated carbocycles. The van der Waals surface area contributed by atoms with Gasteiger partial charge in [-0.1, -0.05) is 43.3 Å². The Kier molecular flexibility index (Phi) is 7.54. The van der Waals surface area contributed by atoms with Crippen molar-refractivity contribution in [1.82, 2.24) is 4.98 Å². The Labute approximate surface area is 216 Å². The Morgan fingerprint density at radius 3 is 2.57 bits per heavy atom. The van der Waals surface area contributed by atoms with Gasteiger partial charge in [-0.15, -0.1) is 0 Å². The van der Waals surface area contributed by atoms with Gasteiger partial charge < -0.3 is 19.0 Å². The van der Waals surface area contributed by atoms with Gasteiger partial charge in [-0.3, -0.25) is 4.79 Å². The number of benzene rings is 3. The minimum absolute atomic E-state index is 0.103. The molecule has 0 spiro atoms. The number of carbonyl (C=O) groups is 1. The third-order valence-electron chi connectivity index (χ3n) is 6.79. The number of carboxylic acid groups (broad SMARTS) is 1. The van der Waals surface area contributed by atoms with Gasteiger partial charge in [0.2, 0.25) is 5.89 Å². The SMILES string of the molecule is CCc1oc(-c2ccc(OCc3ccccc3)cc2)nc1CCOc1ccc2c(c1)CC[C@@H]2CC(=O)O. The number of hydrogen-bond acceptors (Lipinski definition) is 5. The summed E-state index contributed by atoms with van der Waals surface area (Å²) in [6.07, 6.45) is 3.36. The van der Waals surface area contributed by atoms with Gasteiger partial charge in [-0.05, 0) is 71.8 Å². The van der Waals surface area contributed by atoms with Gasteiger partial charge >= 0.3 is 5.97 Å². The van der Waals surface area contributed by atoms with Crippen LogP contribution in [0.2, 0.25) is 0 Å². The molecule has 4 aromatic rings. The van der Waals surface area contributed by atoms with E-state index in [1.54, 1.807) is 0 Å². The highest BCUT2D eigenvalue weighted by Gasteiger charge is 2.25. The lowest BCUT2D eigenvalue weighted by Gasteiger charge is -2.10. The first-order valence-corrected chi connectivity index (χ1v) is 12.8. The summed E-state index contributed by atoms with van der Waals surface area (Å²) in [6, 6.07) is 23.9. The van der Waals surface area contributed by atoms with Crippen molar-refractivity contribution in [1.29, 1.82) is 0 Å². The lowest BCUT2D eigenvalue weighted by Crippen LogP contribution is -2.05. The van der Waals surface area contributed by atoms with Crippen LogP contribution in [0.3, 0.4) is 0 Å². The van der Waals surface area contributed by atoms with Crippen LogP contribution in [0.15, 0.2) is 77.2 Å². The first kappa shape index (κ1) is 24.6. The van der Waals surface area contributed by atoms with Crippen LogP contribution >= 0.6 is 0 Å². The molecule has 1 aliphatic rings. The summed E-state index contributed by atoms with van der Waals surface area (Å²) in [5.74, 6) is 2.43. The molecule has 0 bridgehead atoms. The number of oxazole rings is 1. The van der Waals surface area contributed by atoms with Gasteiger partial charge in [-0.2, -0.15) is 0 Å². The fourth-order valence-corrected chi connectivity index (χ4v) is 4.87. The molecule has 3 aromatic carbocycles. The maximum absolute atomic E-state index is 11.1. The van der Waals surface area contributed by atoms with Crippen LogP contribution in [0.25, 0.3) is 11.5 Å². The van der Waals surface area contributed by atoms with E-state index in [0.717, 1.165) is 58.9 Å². The van der Waals surface area contributed by atoms with Crippen LogP contribution in [0.4, 0.5) is 0 Å². The molecule has 6 nitrogen and oxygen atoms in total. The number of hydrogen-bond donors (Lipinski definition) is 1. The van der Waals surface area contributed by atoms with Crippen LogP contribution in [0.5, 0.6) is 11.5 Å². The second-order valence-electron chi connectivity index (χ2n) is 9.33. The summed E-state index contributed by atoms with van der Waals surface area (Å²) >= 11 is 0. The number of rotatable bonds is 11. The fourth-order valence-electron chi connectivity index (χ4n) is 4.87. The minimum Gasteiger partial charge on any atom is -0.493 e. The van der Waals surface area contributed by atoms with Crippen molar-refractivity contribution in [2.45, 2.75) is 51.6 Å². The van der Waals surface area contributed by atoms with E-state index in [9.17, 15) is 4.79 Å². The lowest BCUT2D eigenvalue weighted by molar-refractivity contribution is -0.137. The minimum atomic E-state index is -0.746. The molecular weight excluding hydrogens is 466 g/mol. The van der Waals surface area contributed by atoms with Crippen LogP contribution in [0, 0.1) is 0 Å². The molecule has 1 heterocycles. The third-order valence-corrected chi connectivity index (χ3v) is 6.79. The molecule has 0 fully saturated rings. The largest absolute Gasteiger partial charge is 0.493 e. The Morgan fingerprint density at radius 1 is 1.03 bits per heavy atom. The number of aryl methyl sites for hydroxylation is 2. The van der Waals surface area contributed by atoms with Crippen molar-refractivity contribution in [2.24, 2.45) is 0 Å². The summed E-state index contributed by atoms with van der Waals surface area (Å²) in [4.78, 5) is 15.9. The van der Waals surface area contributed by atoms with Crippen molar-refractivity contribution in [3.63, 3.8) is 0 Å². The quantitative estimate of drug-likeness (QED) is 0.251. The number of carboxylic acids is 1. The first-order valence-electron chi connectivity index (χ1n) is 12.8. The predicted molar refractivity (Wildman–Crippen MR) is 141 cm³/mol. The molecule has 1 aliphatic carbocycles. The first-order chi connectivity index (χ1) is 18.1. The number of fused-ring (bicyclic) bond motifs is 1. The number of ether oxygens (including phenoxy) is 2. The lowest BCUT2D eigenvalue weighted by atomic mass is 9.98. The highest BCUT2D eigenvalue weighted by Crippen LogP contribution is 2.37. The van der Waals surface area contributed by atoms with E-state index in [1.807, 2.05) is 72.8 Å². The van der Waals surface area contributed by atoms with Gasteiger partial charge in [0.05, 0.1) is 18.7 Å². The maximum atomic E-state index is 11.1. The van der Waals surface area contributed by atoms with E-state index >= 15 is 0 Å². The molecule has 0 radical (unpaired) electrons. The van der Waals surface area contributed by atoms with E-state index in [1.165, 1.54) is 5.56 Å². The van der Waals surface area contributed by atoms with Gasteiger partial charge in [0, 0.05) is 18.4 Å². The molecule has 0 saturated heterocycles. The van der Waals surface area contributed by atoms with Crippen molar-refractivity contribution < 1.29 is 23.8 Å². The zero-order valence-corrected chi connectivity index (χ0v) is 21.0. The van der Waals surface area contributed by atoms with Crippen molar-refractivity contribution >= 4 is 5.97 Å². The number of nitrogens with zero attached hydrogens (tertiary/aromatic N) is 1. The molecular formula is C31H31NO5. The molecule has 0 aliphatic heterocycles. The normalized spacial score (nSPS) is 14.4. The Morgan fingerprint density at radius 2 is 1.81 bits per heavy atom. The van der Waals surface area contributed by atoms with Crippen LogP contribution in [-0.4, -0.2) is 22.7 Å². The van der Waals surface area contributed by atoms with E-state index in [2.05, 4.69) is 6.92 Å². The zero-order chi connectivity index (χ0) is 25.6. The van der Waals surface area contributed by atoms with Crippen LogP contribution < -0.4 is 9.47 Å². The topological polar surface area (TPSA) is 81.8 Å². The molecule has 6 heteroatoms. The molecule has 37 heavy (non-hydrogen) atoms. The summed E-state index contributed by atoms with van der Waals surface area (Å²) in [5, 5.41) is 9.12. The summed E-state index contributed by atoms with van der Waals surface area (Å²) in [6.45, 7) is 3.07. The van der Waals surface area contributed by atoms with Crippen molar-refractivity contribution in [2.75, 3.05) is 6.61 Å². The molecule has 0 amide bonds. The highest BCUT2D eigenvalue weighted by molar-refractivity contribution is 5.68. The summed E-state index contributed by atoms with van der Waals surface area (Å²) in [7, 11) is 0. The average molecular weight is 498 g/mol. The molecule has 1 N–H and O–H groups in total. The Hall–Kier alpha value is -4.06. The van der Waals surface area contributed by atoms with Gasteiger partial charge in [0.25, 0.3) is 0 Å². The second-order valence-corrected chi connectivity index (χ2v) is 9.33. The van der Waals surface area contributed by atoms with Crippen molar-refractivity contribution in [3.8, 4) is 23.0 Å². The highest BCUT2D eigenvalue weighted by atomic mass is 16.5. The van der Waals surface area contributed by atoms with Crippen LogP contribution in [0.1, 0.15) is 53.8 Å². The maximum Gasteiger partial charge on any atom is 0.303 e. The van der Waals surface area contributed by atoms with E-state index < -0.39 is 5.97 Å². The smallest absolute Gasteiger partial charge is 0.303 e. The molecule has 190 valence electrons. The standard InChI is InChI=1S/C31H31NO5/c1-2-29-28(16-17-35-26-14-15-27-23(18-26)8-9-24(27)19-30(33)34)32-31(37-29)22-10-12-25(13-11-22)36-20-21-6-4-3-5-7-21/h3-7,10-15,18,24H,2,8-9,16-17,19-20H2,1H3,(H,33,34)/t24-/m1/s1. The molecule has 5 rings (SSSR count). The van der Waals surface area contributed by atoms with Gasteiger partial charge in [0.1, 0.15) is 23.9 Å². The predicted octanol–water partition coefficient (Wildman–Crippen LogP) is 6.61. The number of aromatic nitrogens is 1. The Balaban J connectivity index is 1.18. The van der Waals surface area contributed by atoms with E-state index in [0.29, 0.717) is 25.5 Å². The average Bonchev–Trinajstić information content (AvgIpc) is 3.52. The zero-order valence-electron chi connectivity index (χ0n) is 21.0. The fraction of sp³-hybridized carbons (Fsp3) is 0.290. The second kappa shape index (κ2) is 11.3. The van der Waals surface area contributed by atoms with Crippen molar-refractivity contribution in [3.05, 3.63) is 101 Å². The third kappa shape index (κ3) is 6.02. The number of aliphatic carboxylic acids is 1. The summed E-state index contributed by atoms with van der Waals surface area (Å²) in [5.41, 5.74) is 5.27. The van der Waals surface area contributed by atoms with E-state index in [-0.39, 0.29) is 12.3 Å². The van der Waals surface area contributed by atoms with Crippen LogP contribution in [-0.2, 0) is 30.7 Å². The molecule has 1 atom stereocenters. The van der Waals surface area contributed by atoms with Gasteiger partial charge in [-0.25, -0.2) is 4.98 Å². The molecule has 0 unspecified atom stereocenters. The van der Waals surface area contributed by atoms with E-state index in [4.69, 9.17) is 24.0 Å². The summed E-state index contributed by atoms with van der Waals surface area (Å²) < 4.78 is 18.0. The monoisotopic (exact) mass is 497 g/mol. The van der Waals surface area contributed by atoms with Gasteiger partial charge in [0.15, 0.2) is 0 Å².